The summed E-state index contributed by atoms with van der Waals surface area (Å²) in [6, 6.07) is 14.7. The van der Waals surface area contributed by atoms with Gasteiger partial charge in [0, 0.05) is 10.9 Å². The fraction of sp³-hybridized carbons (Fsp3) is 0.208. The molecule has 0 atom stereocenters. The minimum Gasteiger partial charge on any atom is -0.493 e. The number of amides is 1. The quantitative estimate of drug-likeness (QED) is 0.239. The first kappa shape index (κ1) is 25.2. The molecule has 0 spiro atoms. The van der Waals surface area contributed by atoms with E-state index in [1.807, 2.05) is 36.4 Å². The number of hydrogen-bond donors (Lipinski definition) is 1. The van der Waals surface area contributed by atoms with Gasteiger partial charge in [0.05, 0.1) is 32.3 Å². The lowest BCUT2D eigenvalue weighted by Crippen LogP contribution is -2.16. The molecule has 0 aliphatic carbocycles. The number of ether oxygens (including phenoxy) is 3. The third-order valence-corrected chi connectivity index (χ3v) is 6.81. The van der Waals surface area contributed by atoms with Crippen molar-refractivity contribution in [2.75, 3.05) is 31.9 Å². The number of para-hydroxylation sites is 1. The Morgan fingerprint density at radius 1 is 1.08 bits per heavy atom. The average molecular weight is 526 g/mol. The van der Waals surface area contributed by atoms with Gasteiger partial charge in [-0.15, -0.1) is 16.4 Å². The summed E-state index contributed by atoms with van der Waals surface area (Å²) in [5.41, 5.74) is 2.41. The van der Waals surface area contributed by atoms with Crippen molar-refractivity contribution in [3.63, 3.8) is 0 Å². The van der Waals surface area contributed by atoms with Gasteiger partial charge in [-0.3, -0.25) is 4.79 Å². The second-order valence-corrected chi connectivity index (χ2v) is 9.01. The van der Waals surface area contributed by atoms with E-state index in [4.69, 9.17) is 14.2 Å². The normalized spacial score (nSPS) is 10.6. The van der Waals surface area contributed by atoms with Crippen LogP contribution >= 0.6 is 23.1 Å². The smallest absolute Gasteiger partial charge is 0.341 e. The summed E-state index contributed by atoms with van der Waals surface area (Å²) in [6.07, 6.45) is 0. The summed E-state index contributed by atoms with van der Waals surface area (Å²) in [5.74, 6) is 0.291. The van der Waals surface area contributed by atoms with Gasteiger partial charge in [-0.1, -0.05) is 36.0 Å². The third kappa shape index (κ3) is 5.50. The van der Waals surface area contributed by atoms with Crippen molar-refractivity contribution in [1.82, 2.24) is 20.2 Å². The number of aromatic nitrogens is 4. The molecule has 0 saturated heterocycles. The van der Waals surface area contributed by atoms with E-state index in [-0.39, 0.29) is 23.8 Å². The number of tetrazole rings is 1. The highest BCUT2D eigenvalue weighted by molar-refractivity contribution is 7.99. The topological polar surface area (TPSA) is 117 Å². The molecule has 36 heavy (non-hydrogen) atoms. The molecule has 0 aliphatic rings. The van der Waals surface area contributed by atoms with E-state index in [9.17, 15) is 9.59 Å². The van der Waals surface area contributed by atoms with Crippen molar-refractivity contribution in [3.05, 3.63) is 59.5 Å². The van der Waals surface area contributed by atoms with Gasteiger partial charge in [0.2, 0.25) is 11.1 Å². The van der Waals surface area contributed by atoms with Crippen LogP contribution in [0.2, 0.25) is 0 Å². The van der Waals surface area contributed by atoms with Crippen LogP contribution in [-0.2, 0) is 9.53 Å². The Kier molecular flexibility index (Phi) is 8.18. The first-order chi connectivity index (χ1) is 17.5. The predicted molar refractivity (Wildman–Crippen MR) is 137 cm³/mol. The van der Waals surface area contributed by atoms with Crippen LogP contribution in [0.5, 0.6) is 11.5 Å². The van der Waals surface area contributed by atoms with Crippen molar-refractivity contribution in [1.29, 1.82) is 0 Å². The number of methoxy groups -OCH3 is 2. The van der Waals surface area contributed by atoms with E-state index in [1.54, 1.807) is 43.3 Å². The summed E-state index contributed by atoms with van der Waals surface area (Å²) in [5, 5.41) is 17.2. The molecule has 2 aromatic carbocycles. The van der Waals surface area contributed by atoms with Crippen LogP contribution in [0.4, 0.5) is 5.00 Å². The number of anilines is 1. The number of hydrogen-bond acceptors (Lipinski definition) is 10. The van der Waals surface area contributed by atoms with E-state index in [0.717, 1.165) is 11.3 Å². The monoisotopic (exact) mass is 525 g/mol. The Morgan fingerprint density at radius 3 is 2.58 bits per heavy atom. The Balaban J connectivity index is 1.55. The van der Waals surface area contributed by atoms with Gasteiger partial charge in [-0.2, -0.15) is 4.68 Å². The molecule has 2 aromatic heterocycles. The van der Waals surface area contributed by atoms with Gasteiger partial charge in [0.15, 0.2) is 11.5 Å². The molecule has 0 fully saturated rings. The zero-order valence-corrected chi connectivity index (χ0v) is 21.4. The van der Waals surface area contributed by atoms with E-state index >= 15 is 0 Å². The minimum absolute atomic E-state index is 0.0407. The summed E-state index contributed by atoms with van der Waals surface area (Å²) in [4.78, 5) is 25.7. The second-order valence-electron chi connectivity index (χ2n) is 7.19. The van der Waals surface area contributed by atoms with Crippen LogP contribution in [0.25, 0.3) is 16.8 Å². The maximum absolute atomic E-state index is 12.9. The van der Waals surface area contributed by atoms with Crippen molar-refractivity contribution in [3.8, 4) is 28.3 Å². The van der Waals surface area contributed by atoms with Crippen LogP contribution in [0, 0.1) is 0 Å². The summed E-state index contributed by atoms with van der Waals surface area (Å²) in [7, 11) is 3.09. The summed E-state index contributed by atoms with van der Waals surface area (Å²) in [6.45, 7) is 1.93. The van der Waals surface area contributed by atoms with Gasteiger partial charge >= 0.3 is 5.97 Å². The number of thiophene rings is 1. The van der Waals surface area contributed by atoms with E-state index in [0.29, 0.717) is 27.2 Å². The number of esters is 1. The highest BCUT2D eigenvalue weighted by Crippen LogP contribution is 2.39. The summed E-state index contributed by atoms with van der Waals surface area (Å²) < 4.78 is 17.5. The maximum atomic E-state index is 12.9. The minimum atomic E-state index is -0.528. The SMILES string of the molecule is CCOC(=O)c1c(-c2ccc(OC)c(OC)c2)csc1NC(=O)CSc1nnnn1-c1ccccc1. The van der Waals surface area contributed by atoms with Crippen LogP contribution < -0.4 is 14.8 Å². The molecule has 4 rings (SSSR count). The highest BCUT2D eigenvalue weighted by atomic mass is 32.2. The molecular formula is C24H23N5O5S2. The molecule has 0 aliphatic heterocycles. The number of carbonyl (C=O) groups is 2. The lowest BCUT2D eigenvalue weighted by molar-refractivity contribution is -0.113. The molecule has 0 unspecified atom stereocenters. The molecule has 12 heteroatoms. The van der Waals surface area contributed by atoms with Gasteiger partial charge in [-0.05, 0) is 47.2 Å². The number of thioether (sulfide) groups is 1. The van der Waals surface area contributed by atoms with Gasteiger partial charge in [-0.25, -0.2) is 4.79 Å². The third-order valence-electron chi connectivity index (χ3n) is 4.99. The number of nitrogens with one attached hydrogen (secondary N) is 1. The summed E-state index contributed by atoms with van der Waals surface area (Å²) >= 11 is 2.43. The fourth-order valence-corrected chi connectivity index (χ4v) is 5.03. The van der Waals surface area contributed by atoms with Crippen LogP contribution in [0.1, 0.15) is 17.3 Å². The Bertz CT molecular complexity index is 1360. The molecule has 0 bridgehead atoms. The Hall–Kier alpha value is -3.90. The largest absolute Gasteiger partial charge is 0.493 e. The van der Waals surface area contributed by atoms with Crippen LogP contribution in [0.15, 0.2) is 59.1 Å². The maximum Gasteiger partial charge on any atom is 0.341 e. The number of benzene rings is 2. The highest BCUT2D eigenvalue weighted by Gasteiger charge is 2.24. The Labute approximate surface area is 215 Å². The van der Waals surface area contributed by atoms with Crippen molar-refractivity contribution in [2.24, 2.45) is 0 Å². The van der Waals surface area contributed by atoms with E-state index in [1.165, 1.54) is 23.1 Å². The standard InChI is InChI=1S/C24H23N5O5S2/c1-4-34-23(31)21-17(15-10-11-18(32-2)19(12-15)33-3)13-35-22(21)25-20(30)14-36-24-26-27-28-29(24)16-8-6-5-7-9-16/h5-13H,4,14H2,1-3H3,(H,25,30). The molecule has 186 valence electrons. The van der Waals surface area contributed by atoms with Gasteiger partial charge < -0.3 is 19.5 Å². The van der Waals surface area contributed by atoms with Gasteiger partial charge in [0.1, 0.15) is 10.6 Å². The molecule has 2 heterocycles. The van der Waals surface area contributed by atoms with Crippen molar-refractivity contribution < 1.29 is 23.8 Å². The first-order valence-electron chi connectivity index (χ1n) is 10.8. The van der Waals surface area contributed by atoms with Crippen molar-refractivity contribution >= 4 is 40.0 Å². The molecule has 0 saturated carbocycles. The lowest BCUT2D eigenvalue weighted by atomic mass is 10.0. The number of carbonyl (C=O) groups excluding carboxylic acids is 2. The molecule has 0 radical (unpaired) electrons. The number of rotatable bonds is 10. The molecule has 1 amide bonds. The van der Waals surface area contributed by atoms with E-state index in [2.05, 4.69) is 20.8 Å². The predicted octanol–water partition coefficient (Wildman–Crippen LogP) is 4.32. The van der Waals surface area contributed by atoms with Crippen LogP contribution in [0.3, 0.4) is 0 Å². The second kappa shape index (κ2) is 11.7. The molecule has 10 nitrogen and oxygen atoms in total. The Morgan fingerprint density at radius 2 is 1.86 bits per heavy atom. The fourth-order valence-electron chi connectivity index (χ4n) is 3.37. The first-order valence-corrected chi connectivity index (χ1v) is 12.7. The molecular weight excluding hydrogens is 502 g/mol. The molecule has 4 aromatic rings. The van der Waals surface area contributed by atoms with E-state index < -0.39 is 5.97 Å². The average Bonchev–Trinajstić information content (AvgIpc) is 3.55. The van der Waals surface area contributed by atoms with Crippen molar-refractivity contribution in [2.45, 2.75) is 12.1 Å². The van der Waals surface area contributed by atoms with Crippen LogP contribution in [-0.4, -0.2) is 58.7 Å². The van der Waals surface area contributed by atoms with Gasteiger partial charge in [0.25, 0.3) is 0 Å². The zero-order chi connectivity index (χ0) is 25.5. The lowest BCUT2D eigenvalue weighted by Gasteiger charge is -2.11. The number of nitrogens with zero attached hydrogens (tertiary/aromatic N) is 4. The zero-order valence-electron chi connectivity index (χ0n) is 19.8. The molecule has 1 N–H and O–H groups in total.